The van der Waals surface area contributed by atoms with Crippen molar-refractivity contribution in [3.63, 3.8) is 0 Å². The first-order valence-corrected chi connectivity index (χ1v) is 11.9. The van der Waals surface area contributed by atoms with Crippen molar-refractivity contribution < 1.29 is 60.4 Å². The molecule has 3 aliphatic rings. The maximum Gasteiger partial charge on any atom is 0.490 e. The number of pyridine rings is 1. The van der Waals surface area contributed by atoms with E-state index in [1.165, 1.54) is 5.56 Å². The molecule has 3 heterocycles. The van der Waals surface area contributed by atoms with Gasteiger partial charge in [-0.3, -0.25) is 14.7 Å². The van der Waals surface area contributed by atoms with Crippen molar-refractivity contribution in [2.75, 3.05) is 32.8 Å². The Morgan fingerprint density at radius 1 is 0.949 bits per heavy atom. The lowest BCUT2D eigenvalue weighted by Gasteiger charge is -2.39. The fourth-order valence-corrected chi connectivity index (χ4v) is 4.33. The van der Waals surface area contributed by atoms with Gasteiger partial charge in [0.15, 0.2) is 0 Å². The number of hydrogen-bond donors (Lipinski definition) is 2. The summed E-state index contributed by atoms with van der Waals surface area (Å²) in [5.74, 6) is -5.38. The summed E-state index contributed by atoms with van der Waals surface area (Å²) in [6.45, 7) is 4.56. The summed E-state index contributed by atoms with van der Waals surface area (Å²) in [5, 5.41) is 14.2. The van der Waals surface area contributed by atoms with Gasteiger partial charge in [-0.05, 0) is 43.4 Å². The normalized spacial score (nSPS) is 23.1. The molecule has 1 aromatic heterocycles. The highest BCUT2D eigenvalue weighted by Crippen LogP contribution is 2.33. The zero-order chi connectivity index (χ0) is 29.2. The fourth-order valence-electron chi connectivity index (χ4n) is 4.33. The van der Waals surface area contributed by atoms with Gasteiger partial charge >= 0.3 is 24.3 Å². The number of alkyl halides is 6. The van der Waals surface area contributed by atoms with Crippen molar-refractivity contribution >= 4 is 17.8 Å². The van der Waals surface area contributed by atoms with Crippen LogP contribution in [0.2, 0.25) is 0 Å². The molecule has 2 N–H and O–H groups in total. The molecule has 16 heteroatoms. The van der Waals surface area contributed by atoms with E-state index in [0.29, 0.717) is 6.04 Å². The van der Waals surface area contributed by atoms with Crippen LogP contribution in [0.5, 0.6) is 0 Å². The van der Waals surface area contributed by atoms with Crippen molar-refractivity contribution in [2.24, 2.45) is 0 Å². The lowest BCUT2D eigenvalue weighted by molar-refractivity contribution is -0.193. The minimum absolute atomic E-state index is 0.0387. The zero-order valence-electron chi connectivity index (χ0n) is 20.7. The van der Waals surface area contributed by atoms with Crippen LogP contribution in [0.3, 0.4) is 0 Å². The average molecular weight is 573 g/mol. The summed E-state index contributed by atoms with van der Waals surface area (Å²) in [6, 6.07) is 4.53. The molecule has 39 heavy (non-hydrogen) atoms. The van der Waals surface area contributed by atoms with Crippen LogP contribution in [-0.2, 0) is 30.4 Å². The van der Waals surface area contributed by atoms with Gasteiger partial charge in [0.1, 0.15) is 6.61 Å². The second kappa shape index (κ2) is 14.4. The van der Waals surface area contributed by atoms with E-state index in [4.69, 9.17) is 29.3 Å². The van der Waals surface area contributed by atoms with E-state index in [1.54, 1.807) is 0 Å². The van der Waals surface area contributed by atoms with Gasteiger partial charge in [-0.25, -0.2) is 9.59 Å². The molecular weight excluding hydrogens is 544 g/mol. The molecule has 1 aromatic rings. The first-order valence-electron chi connectivity index (χ1n) is 11.9. The Morgan fingerprint density at radius 2 is 1.49 bits per heavy atom. The van der Waals surface area contributed by atoms with E-state index in [2.05, 4.69) is 22.0 Å². The molecule has 3 atom stereocenters. The topological polar surface area (TPSA) is 130 Å². The number of carbonyl (C=O) groups is 3. The Bertz CT molecular complexity index is 918. The number of nitrogens with zero attached hydrogens (tertiary/aromatic N) is 3. The largest absolute Gasteiger partial charge is 0.490 e. The van der Waals surface area contributed by atoms with E-state index in [9.17, 15) is 31.1 Å². The summed E-state index contributed by atoms with van der Waals surface area (Å²) in [7, 11) is 0. The number of aromatic nitrogens is 1. The Kier molecular flexibility index (Phi) is 11.9. The third kappa shape index (κ3) is 10.6. The molecule has 220 valence electrons. The number of amides is 1. The Morgan fingerprint density at radius 3 is 2.00 bits per heavy atom. The predicted octanol–water partition coefficient (Wildman–Crippen LogP) is 2.72. The van der Waals surface area contributed by atoms with E-state index >= 15 is 0 Å². The zero-order valence-corrected chi connectivity index (χ0v) is 20.7. The van der Waals surface area contributed by atoms with Gasteiger partial charge in [0.05, 0.1) is 18.8 Å². The quantitative estimate of drug-likeness (QED) is 0.511. The second-order valence-electron chi connectivity index (χ2n) is 8.85. The molecule has 4 rings (SSSR count). The lowest BCUT2D eigenvalue weighted by Crippen LogP contribution is -2.51. The minimum atomic E-state index is -5.08. The summed E-state index contributed by atoms with van der Waals surface area (Å²) in [4.78, 5) is 38.5. The molecule has 2 saturated heterocycles. The molecule has 0 unspecified atom stereocenters. The van der Waals surface area contributed by atoms with Gasteiger partial charge in [-0.2, -0.15) is 26.3 Å². The molecule has 2 aliphatic heterocycles. The van der Waals surface area contributed by atoms with Crippen LogP contribution in [-0.4, -0.2) is 106 Å². The molecular formula is C23H29F6N3O7. The first kappa shape index (κ1) is 32.2. The molecule has 0 spiro atoms. The van der Waals surface area contributed by atoms with Crippen LogP contribution < -0.4 is 0 Å². The summed E-state index contributed by atoms with van der Waals surface area (Å²) >= 11 is 0. The van der Waals surface area contributed by atoms with Crippen LogP contribution in [0.4, 0.5) is 26.3 Å². The molecule has 0 bridgehead atoms. The second-order valence-corrected chi connectivity index (χ2v) is 8.85. The van der Waals surface area contributed by atoms with Crippen molar-refractivity contribution in [2.45, 2.75) is 62.8 Å². The summed E-state index contributed by atoms with van der Waals surface area (Å²) in [5.41, 5.74) is 1.28. The van der Waals surface area contributed by atoms with E-state index in [-0.39, 0.29) is 24.7 Å². The van der Waals surface area contributed by atoms with Gasteiger partial charge < -0.3 is 24.6 Å². The number of ether oxygens (including phenoxy) is 2. The minimum Gasteiger partial charge on any atom is -0.475 e. The Labute approximate surface area is 219 Å². The number of fused-ring (bicyclic) bond motifs is 1. The monoisotopic (exact) mass is 573 g/mol. The molecule has 3 fully saturated rings. The number of likely N-dealkylation sites (tertiary alicyclic amines) is 1. The number of halogens is 6. The standard InChI is InChI=1S/C19H27N3O3.2C2HF3O2/c23-18(21-9-1-2-10-21)14-25-17-4-3-16-19(17)24-12-11-22(16)13-15-5-7-20-8-6-15;2*3-2(4,5)1(6)7/h5-8,16-17,19H,1-4,9-14H2;2*(H,6,7)/t16-,17+,19+;;/m0../s1. The first-order chi connectivity index (χ1) is 18.2. The maximum atomic E-state index is 12.2. The van der Waals surface area contributed by atoms with Crippen LogP contribution in [0, 0.1) is 0 Å². The molecule has 0 radical (unpaired) electrons. The van der Waals surface area contributed by atoms with E-state index in [0.717, 1.165) is 58.5 Å². The number of aliphatic carboxylic acids is 2. The number of carboxylic acids is 2. The highest BCUT2D eigenvalue weighted by atomic mass is 19.4. The van der Waals surface area contributed by atoms with Crippen LogP contribution in [0.1, 0.15) is 31.2 Å². The number of morpholine rings is 1. The van der Waals surface area contributed by atoms with Gasteiger partial charge in [0, 0.05) is 44.6 Å². The van der Waals surface area contributed by atoms with Gasteiger partial charge in [-0.1, -0.05) is 0 Å². The van der Waals surface area contributed by atoms with Crippen LogP contribution >= 0.6 is 0 Å². The summed E-state index contributed by atoms with van der Waals surface area (Å²) in [6.07, 6.45) is -2.08. The smallest absolute Gasteiger partial charge is 0.475 e. The SMILES string of the molecule is O=C(CO[C@@H]1CC[C@H]2[C@H]1OCCN2Cc1ccncc1)N1CCCC1.O=C(O)C(F)(F)F.O=C(O)C(F)(F)F. The highest BCUT2D eigenvalue weighted by Gasteiger charge is 2.43. The van der Waals surface area contributed by atoms with E-state index < -0.39 is 24.3 Å². The lowest BCUT2D eigenvalue weighted by atomic mass is 10.1. The highest BCUT2D eigenvalue weighted by molar-refractivity contribution is 5.77. The molecule has 1 saturated carbocycles. The maximum absolute atomic E-state index is 12.2. The van der Waals surface area contributed by atoms with Crippen molar-refractivity contribution in [1.29, 1.82) is 0 Å². The molecule has 0 aromatic carbocycles. The molecule has 10 nitrogen and oxygen atoms in total. The predicted molar refractivity (Wildman–Crippen MR) is 120 cm³/mol. The van der Waals surface area contributed by atoms with Gasteiger partial charge in [-0.15, -0.1) is 0 Å². The number of hydrogen-bond acceptors (Lipinski definition) is 7. The van der Waals surface area contributed by atoms with Gasteiger partial charge in [0.2, 0.25) is 5.91 Å². The Balaban J connectivity index is 0.000000317. The van der Waals surface area contributed by atoms with Crippen molar-refractivity contribution in [1.82, 2.24) is 14.8 Å². The molecule has 1 amide bonds. The van der Waals surface area contributed by atoms with Crippen LogP contribution in [0.25, 0.3) is 0 Å². The number of rotatable bonds is 5. The average Bonchev–Trinajstić information content (AvgIpc) is 3.54. The van der Waals surface area contributed by atoms with Crippen LogP contribution in [0.15, 0.2) is 24.5 Å². The van der Waals surface area contributed by atoms with Gasteiger partial charge in [0.25, 0.3) is 0 Å². The van der Waals surface area contributed by atoms with E-state index in [1.807, 2.05) is 17.3 Å². The molecule has 1 aliphatic carbocycles. The van der Waals surface area contributed by atoms with Crippen molar-refractivity contribution in [3.8, 4) is 0 Å². The summed E-state index contributed by atoms with van der Waals surface area (Å²) < 4.78 is 75.5. The third-order valence-corrected chi connectivity index (χ3v) is 6.15. The number of carboxylic acid groups (broad SMARTS) is 2. The fraction of sp³-hybridized carbons (Fsp3) is 0.652. The third-order valence-electron chi connectivity index (χ3n) is 6.15. The Hall–Kier alpha value is -2.98. The van der Waals surface area contributed by atoms with Crippen molar-refractivity contribution in [3.05, 3.63) is 30.1 Å². The number of carbonyl (C=O) groups excluding carboxylic acids is 1.